The Balaban J connectivity index is 2.29. The van der Waals surface area contributed by atoms with Gasteiger partial charge in [-0.05, 0) is 13.3 Å². The van der Waals surface area contributed by atoms with Gasteiger partial charge in [0.1, 0.15) is 0 Å². The maximum absolute atomic E-state index is 10.6. The van der Waals surface area contributed by atoms with Crippen molar-refractivity contribution in [1.29, 1.82) is 0 Å². The molecule has 0 aliphatic rings. The molecule has 1 rings (SSSR count). The number of carbonyl (C=O) groups is 1. The molecule has 0 aliphatic carbocycles. The molecule has 1 unspecified atom stereocenters. The SMILES string of the molecule is CCC(C)(O)CNCCn1cc(C(=O)O)nn1. The minimum atomic E-state index is -1.09. The highest BCUT2D eigenvalue weighted by atomic mass is 16.4. The Labute approximate surface area is 99.4 Å². The molecule has 0 aromatic carbocycles. The minimum absolute atomic E-state index is 0.0643. The fourth-order valence-electron chi connectivity index (χ4n) is 1.18. The predicted octanol–water partition coefficient (Wildman–Crippen LogP) is -0.273. The molecule has 96 valence electrons. The van der Waals surface area contributed by atoms with Gasteiger partial charge in [-0.25, -0.2) is 4.79 Å². The van der Waals surface area contributed by atoms with Gasteiger partial charge in [0.2, 0.25) is 0 Å². The molecular weight excluding hydrogens is 224 g/mol. The number of carboxylic acids is 1. The summed E-state index contributed by atoms with van der Waals surface area (Å²) in [6, 6.07) is 0. The molecule has 17 heavy (non-hydrogen) atoms. The zero-order valence-electron chi connectivity index (χ0n) is 10.1. The second-order valence-corrected chi connectivity index (χ2v) is 4.20. The predicted molar refractivity (Wildman–Crippen MR) is 60.8 cm³/mol. The lowest BCUT2D eigenvalue weighted by Gasteiger charge is -2.21. The van der Waals surface area contributed by atoms with E-state index in [1.165, 1.54) is 10.9 Å². The van der Waals surface area contributed by atoms with Gasteiger partial charge in [0.25, 0.3) is 0 Å². The topological polar surface area (TPSA) is 100 Å². The molecule has 7 heteroatoms. The lowest BCUT2D eigenvalue weighted by Crippen LogP contribution is -2.38. The Bertz CT molecular complexity index is 375. The third-order valence-corrected chi connectivity index (χ3v) is 2.54. The Hall–Kier alpha value is -1.47. The van der Waals surface area contributed by atoms with Crippen LogP contribution in [0.1, 0.15) is 30.8 Å². The second kappa shape index (κ2) is 5.74. The van der Waals surface area contributed by atoms with Crippen molar-refractivity contribution in [2.75, 3.05) is 13.1 Å². The highest BCUT2D eigenvalue weighted by Gasteiger charge is 2.16. The van der Waals surface area contributed by atoms with Gasteiger partial charge in [-0.3, -0.25) is 4.68 Å². The van der Waals surface area contributed by atoms with Crippen LogP contribution >= 0.6 is 0 Å². The molecule has 0 fully saturated rings. The largest absolute Gasteiger partial charge is 0.476 e. The summed E-state index contributed by atoms with van der Waals surface area (Å²) in [5.74, 6) is -1.09. The van der Waals surface area contributed by atoms with Gasteiger partial charge < -0.3 is 15.5 Å². The van der Waals surface area contributed by atoms with Crippen LogP contribution in [0.4, 0.5) is 0 Å². The van der Waals surface area contributed by atoms with E-state index in [1.807, 2.05) is 6.92 Å². The van der Waals surface area contributed by atoms with Crippen LogP contribution in [0.5, 0.6) is 0 Å². The van der Waals surface area contributed by atoms with Crippen molar-refractivity contribution in [3.63, 3.8) is 0 Å². The summed E-state index contributed by atoms with van der Waals surface area (Å²) < 4.78 is 1.46. The van der Waals surface area contributed by atoms with Crippen LogP contribution in [0.2, 0.25) is 0 Å². The average molecular weight is 242 g/mol. The minimum Gasteiger partial charge on any atom is -0.476 e. The molecule has 0 spiro atoms. The summed E-state index contributed by atoms with van der Waals surface area (Å²) in [6.07, 6.45) is 2.05. The normalized spacial score (nSPS) is 14.5. The molecule has 0 saturated carbocycles. The molecule has 0 radical (unpaired) electrons. The quantitative estimate of drug-likeness (QED) is 0.569. The number of hydrogen-bond donors (Lipinski definition) is 3. The van der Waals surface area contributed by atoms with E-state index in [4.69, 9.17) is 5.11 Å². The first-order chi connectivity index (χ1) is 7.94. The van der Waals surface area contributed by atoms with E-state index < -0.39 is 11.6 Å². The molecule has 0 amide bonds. The number of aromatic carboxylic acids is 1. The number of carboxylic acid groups (broad SMARTS) is 1. The van der Waals surface area contributed by atoms with Crippen LogP contribution < -0.4 is 5.32 Å². The van der Waals surface area contributed by atoms with E-state index in [1.54, 1.807) is 6.92 Å². The van der Waals surface area contributed by atoms with Gasteiger partial charge in [-0.15, -0.1) is 5.10 Å². The zero-order valence-corrected chi connectivity index (χ0v) is 10.1. The highest BCUT2D eigenvalue weighted by molar-refractivity contribution is 5.84. The molecule has 1 aromatic rings. The van der Waals surface area contributed by atoms with E-state index in [9.17, 15) is 9.90 Å². The first-order valence-corrected chi connectivity index (χ1v) is 5.51. The van der Waals surface area contributed by atoms with E-state index >= 15 is 0 Å². The smallest absolute Gasteiger partial charge is 0.358 e. The molecule has 0 saturated heterocycles. The molecule has 1 atom stereocenters. The summed E-state index contributed by atoms with van der Waals surface area (Å²) >= 11 is 0. The molecule has 1 aromatic heterocycles. The fourth-order valence-corrected chi connectivity index (χ4v) is 1.18. The summed E-state index contributed by atoms with van der Waals surface area (Å²) in [5.41, 5.74) is -0.778. The Kier molecular flexibility index (Phi) is 4.59. The van der Waals surface area contributed by atoms with Crippen molar-refractivity contribution >= 4 is 5.97 Å². The van der Waals surface area contributed by atoms with E-state index in [-0.39, 0.29) is 5.69 Å². The summed E-state index contributed by atoms with van der Waals surface area (Å²) in [7, 11) is 0. The Morgan fingerprint density at radius 1 is 1.65 bits per heavy atom. The number of nitrogens with one attached hydrogen (secondary N) is 1. The van der Waals surface area contributed by atoms with E-state index in [2.05, 4.69) is 15.6 Å². The first-order valence-electron chi connectivity index (χ1n) is 5.51. The van der Waals surface area contributed by atoms with E-state index in [0.29, 0.717) is 26.1 Å². The van der Waals surface area contributed by atoms with Crippen molar-refractivity contribution in [3.05, 3.63) is 11.9 Å². The third-order valence-electron chi connectivity index (χ3n) is 2.54. The van der Waals surface area contributed by atoms with Gasteiger partial charge >= 0.3 is 5.97 Å². The van der Waals surface area contributed by atoms with Gasteiger partial charge in [0, 0.05) is 13.1 Å². The van der Waals surface area contributed by atoms with Crippen LogP contribution in [0, 0.1) is 0 Å². The standard InChI is InChI=1S/C10H18N4O3/c1-3-10(2,17)7-11-4-5-14-6-8(9(15)16)12-13-14/h6,11,17H,3-5,7H2,1-2H3,(H,15,16). The lowest BCUT2D eigenvalue weighted by molar-refractivity contribution is 0.0557. The first kappa shape index (κ1) is 13.6. The molecule has 7 nitrogen and oxygen atoms in total. The highest BCUT2D eigenvalue weighted by Crippen LogP contribution is 2.05. The van der Waals surface area contributed by atoms with Crippen molar-refractivity contribution in [1.82, 2.24) is 20.3 Å². The fraction of sp³-hybridized carbons (Fsp3) is 0.700. The number of aromatic nitrogens is 3. The monoisotopic (exact) mass is 242 g/mol. The summed E-state index contributed by atoms with van der Waals surface area (Å²) in [4.78, 5) is 10.6. The third kappa shape index (κ3) is 4.49. The Morgan fingerprint density at radius 3 is 2.88 bits per heavy atom. The maximum Gasteiger partial charge on any atom is 0.358 e. The number of hydrogen-bond acceptors (Lipinski definition) is 5. The van der Waals surface area contributed by atoms with Gasteiger partial charge in [0.05, 0.1) is 18.3 Å². The number of nitrogens with zero attached hydrogens (tertiary/aromatic N) is 3. The molecule has 3 N–H and O–H groups in total. The van der Waals surface area contributed by atoms with Crippen LogP contribution in [0.25, 0.3) is 0 Å². The zero-order chi connectivity index (χ0) is 12.9. The van der Waals surface area contributed by atoms with Gasteiger partial charge in [0.15, 0.2) is 5.69 Å². The van der Waals surface area contributed by atoms with Gasteiger partial charge in [-0.1, -0.05) is 12.1 Å². The van der Waals surface area contributed by atoms with Crippen LogP contribution in [-0.2, 0) is 6.54 Å². The van der Waals surface area contributed by atoms with Crippen molar-refractivity contribution in [2.24, 2.45) is 0 Å². The second-order valence-electron chi connectivity index (χ2n) is 4.20. The van der Waals surface area contributed by atoms with Crippen molar-refractivity contribution < 1.29 is 15.0 Å². The lowest BCUT2D eigenvalue weighted by atomic mass is 10.0. The maximum atomic E-state index is 10.6. The summed E-state index contributed by atoms with van der Waals surface area (Å²) in [5, 5.41) is 28.6. The van der Waals surface area contributed by atoms with Crippen LogP contribution in [-0.4, -0.2) is 49.9 Å². The molecule has 1 heterocycles. The van der Waals surface area contributed by atoms with Crippen molar-refractivity contribution in [2.45, 2.75) is 32.4 Å². The average Bonchev–Trinajstić information content (AvgIpc) is 2.73. The molecular formula is C10H18N4O3. The molecule has 0 aliphatic heterocycles. The number of aliphatic hydroxyl groups is 1. The van der Waals surface area contributed by atoms with Crippen molar-refractivity contribution in [3.8, 4) is 0 Å². The molecule has 0 bridgehead atoms. The van der Waals surface area contributed by atoms with Gasteiger partial charge in [-0.2, -0.15) is 0 Å². The van der Waals surface area contributed by atoms with Crippen LogP contribution in [0.15, 0.2) is 6.20 Å². The number of rotatable bonds is 7. The van der Waals surface area contributed by atoms with E-state index in [0.717, 1.165) is 0 Å². The summed E-state index contributed by atoms with van der Waals surface area (Å²) in [6.45, 7) is 5.28. The van der Waals surface area contributed by atoms with Crippen LogP contribution in [0.3, 0.4) is 0 Å². The Morgan fingerprint density at radius 2 is 2.35 bits per heavy atom.